The van der Waals surface area contributed by atoms with Gasteiger partial charge in [0.25, 0.3) is 0 Å². The Balaban J connectivity index is 2.51. The second-order valence-corrected chi connectivity index (χ2v) is 8.90. The Hall–Kier alpha value is -1.27. The topological polar surface area (TPSA) is 63.1 Å². The predicted octanol–water partition coefficient (Wildman–Crippen LogP) is 4.56. The number of nitrogens with zero attached hydrogens (tertiary/aromatic N) is 2. The molecule has 2 rings (SSSR count). The van der Waals surface area contributed by atoms with Crippen molar-refractivity contribution in [2.45, 2.75) is 52.4 Å². The van der Waals surface area contributed by atoms with Crippen molar-refractivity contribution in [1.29, 1.82) is 0 Å². The van der Waals surface area contributed by atoms with Crippen LogP contribution in [0, 0.1) is 0 Å². The van der Waals surface area contributed by atoms with Gasteiger partial charge in [-0.2, -0.15) is 0 Å². The fraction of sp³-hybridized carbons (Fsp3) is 0.533. The summed E-state index contributed by atoms with van der Waals surface area (Å²) in [4.78, 5) is 20.9. The van der Waals surface area contributed by atoms with Gasteiger partial charge in [-0.05, 0) is 0 Å². The lowest BCUT2D eigenvalue weighted by atomic mass is 9.91. The molecule has 6 heteroatoms. The Morgan fingerprint density at radius 3 is 2.10 bits per heavy atom. The minimum atomic E-state index is -0.921. The van der Waals surface area contributed by atoms with Gasteiger partial charge in [0, 0.05) is 16.2 Å². The molecule has 0 atom stereocenters. The summed E-state index contributed by atoms with van der Waals surface area (Å²) in [6.07, 6.45) is 0. The van der Waals surface area contributed by atoms with Crippen molar-refractivity contribution in [3.63, 3.8) is 0 Å². The lowest BCUT2D eigenvalue weighted by Gasteiger charge is -2.15. The molecule has 0 aliphatic carbocycles. The van der Waals surface area contributed by atoms with Crippen molar-refractivity contribution < 1.29 is 9.90 Å². The minimum absolute atomic E-state index is 0.0112. The molecule has 0 aliphatic rings. The van der Waals surface area contributed by atoms with Crippen molar-refractivity contribution in [2.24, 2.45) is 0 Å². The van der Waals surface area contributed by atoms with E-state index in [2.05, 4.69) is 30.7 Å². The smallest absolute Gasteiger partial charge is 0.347 e. The minimum Gasteiger partial charge on any atom is -0.477 e. The molecule has 0 unspecified atom stereocenters. The zero-order valence-corrected chi connectivity index (χ0v) is 14.8. The molecule has 0 aliphatic heterocycles. The van der Waals surface area contributed by atoms with Gasteiger partial charge in [0.2, 0.25) is 0 Å². The summed E-state index contributed by atoms with van der Waals surface area (Å²) in [5.74, 6) is -0.921. The molecular formula is C15H20N2O2S2. The molecule has 0 saturated heterocycles. The molecule has 4 nitrogen and oxygen atoms in total. The average Bonchev–Trinajstić information content (AvgIpc) is 2.93. The van der Waals surface area contributed by atoms with Crippen LogP contribution >= 0.6 is 22.7 Å². The molecule has 0 radical (unpaired) electrons. The van der Waals surface area contributed by atoms with Gasteiger partial charge in [-0.3, -0.25) is 0 Å². The molecule has 0 bridgehead atoms. The SMILES string of the molecule is CC(C)(C)c1nc(-c2nc(C(C)(C)C)c(C(=O)O)s2)cs1. The first-order valence-corrected chi connectivity index (χ1v) is 8.41. The number of thiazole rings is 2. The quantitative estimate of drug-likeness (QED) is 0.879. The third-order valence-electron chi connectivity index (χ3n) is 2.90. The summed E-state index contributed by atoms with van der Waals surface area (Å²) in [6, 6.07) is 0. The van der Waals surface area contributed by atoms with Gasteiger partial charge >= 0.3 is 5.97 Å². The highest BCUT2D eigenvalue weighted by atomic mass is 32.1. The first-order valence-electron chi connectivity index (χ1n) is 6.71. The van der Waals surface area contributed by atoms with Crippen molar-refractivity contribution in [1.82, 2.24) is 9.97 Å². The van der Waals surface area contributed by atoms with Crippen LogP contribution < -0.4 is 0 Å². The summed E-state index contributed by atoms with van der Waals surface area (Å²) < 4.78 is 0. The Morgan fingerprint density at radius 1 is 1.10 bits per heavy atom. The molecule has 2 aromatic heterocycles. The number of carboxylic acids is 1. The molecule has 0 saturated carbocycles. The summed E-state index contributed by atoms with van der Waals surface area (Å²) in [7, 11) is 0. The Kier molecular flexibility index (Phi) is 3.97. The summed E-state index contributed by atoms with van der Waals surface area (Å²) in [6.45, 7) is 12.3. The van der Waals surface area contributed by atoms with Gasteiger partial charge in [-0.15, -0.1) is 22.7 Å². The van der Waals surface area contributed by atoms with E-state index in [1.54, 1.807) is 11.3 Å². The van der Waals surface area contributed by atoms with Crippen LogP contribution in [0.25, 0.3) is 10.7 Å². The third kappa shape index (κ3) is 3.32. The molecule has 1 N–H and O–H groups in total. The largest absolute Gasteiger partial charge is 0.477 e. The Bertz CT molecular complexity index is 673. The highest BCUT2D eigenvalue weighted by Crippen LogP contribution is 2.36. The van der Waals surface area contributed by atoms with Crippen molar-refractivity contribution >= 4 is 28.6 Å². The standard InChI is InChI=1S/C15H20N2O2S2/c1-14(2,3)10-9(12(18)19)21-11(17-10)8-7-20-13(16-8)15(4,5)6/h7H,1-6H3,(H,18,19). The second kappa shape index (κ2) is 5.18. The molecule has 0 aromatic carbocycles. The summed E-state index contributed by atoms with van der Waals surface area (Å²) in [5.41, 5.74) is 1.09. The number of aromatic nitrogens is 2. The van der Waals surface area contributed by atoms with Gasteiger partial charge in [0.05, 0.1) is 10.7 Å². The van der Waals surface area contributed by atoms with E-state index in [1.165, 1.54) is 11.3 Å². The van der Waals surface area contributed by atoms with Crippen LogP contribution in [0.15, 0.2) is 5.38 Å². The van der Waals surface area contributed by atoms with E-state index in [0.29, 0.717) is 15.6 Å². The molecule has 21 heavy (non-hydrogen) atoms. The highest BCUT2D eigenvalue weighted by molar-refractivity contribution is 7.17. The lowest BCUT2D eigenvalue weighted by Crippen LogP contribution is -2.16. The van der Waals surface area contributed by atoms with Gasteiger partial charge < -0.3 is 5.11 Å². The molecule has 114 valence electrons. The van der Waals surface area contributed by atoms with E-state index in [9.17, 15) is 9.90 Å². The van der Waals surface area contributed by atoms with Crippen LogP contribution in [0.5, 0.6) is 0 Å². The number of carbonyl (C=O) groups is 1. The second-order valence-electron chi connectivity index (χ2n) is 7.04. The van der Waals surface area contributed by atoms with E-state index in [-0.39, 0.29) is 10.8 Å². The van der Waals surface area contributed by atoms with Gasteiger partial charge in [-0.1, -0.05) is 41.5 Å². The summed E-state index contributed by atoms with van der Waals surface area (Å²) >= 11 is 2.80. The monoisotopic (exact) mass is 324 g/mol. The van der Waals surface area contributed by atoms with Crippen LogP contribution in [0.4, 0.5) is 0 Å². The fourth-order valence-corrected chi connectivity index (χ4v) is 3.84. The van der Waals surface area contributed by atoms with Crippen LogP contribution in [0.2, 0.25) is 0 Å². The fourth-order valence-electron chi connectivity index (χ4n) is 1.80. The van der Waals surface area contributed by atoms with Crippen molar-refractivity contribution in [3.05, 3.63) is 21.0 Å². The van der Waals surface area contributed by atoms with Gasteiger partial charge in [0.15, 0.2) is 0 Å². The Labute approximate surface area is 132 Å². The van der Waals surface area contributed by atoms with E-state index in [0.717, 1.165) is 10.7 Å². The molecule has 2 heterocycles. The first kappa shape index (κ1) is 16.1. The maximum atomic E-state index is 11.4. The van der Waals surface area contributed by atoms with Crippen LogP contribution in [0.1, 0.15) is 61.9 Å². The predicted molar refractivity (Wildman–Crippen MR) is 87.6 cm³/mol. The maximum absolute atomic E-state index is 11.4. The van der Waals surface area contributed by atoms with E-state index in [4.69, 9.17) is 0 Å². The molecule has 0 spiro atoms. The van der Waals surface area contributed by atoms with E-state index in [1.807, 2.05) is 26.2 Å². The maximum Gasteiger partial charge on any atom is 0.347 e. The summed E-state index contributed by atoms with van der Waals surface area (Å²) in [5, 5.41) is 13.0. The normalized spacial score (nSPS) is 12.7. The van der Waals surface area contributed by atoms with Crippen LogP contribution in [-0.2, 0) is 10.8 Å². The lowest BCUT2D eigenvalue weighted by molar-refractivity contribution is 0.0699. The van der Waals surface area contributed by atoms with E-state index < -0.39 is 5.97 Å². The molecule has 0 amide bonds. The molecule has 0 fully saturated rings. The average molecular weight is 324 g/mol. The third-order valence-corrected chi connectivity index (χ3v) is 5.23. The van der Waals surface area contributed by atoms with Crippen LogP contribution in [-0.4, -0.2) is 21.0 Å². The molecule has 2 aromatic rings. The van der Waals surface area contributed by atoms with Gasteiger partial charge in [0.1, 0.15) is 15.6 Å². The number of aromatic carboxylic acids is 1. The zero-order valence-electron chi connectivity index (χ0n) is 13.1. The first-order chi connectivity index (χ1) is 9.50. The number of hydrogen-bond donors (Lipinski definition) is 1. The van der Waals surface area contributed by atoms with Crippen molar-refractivity contribution in [3.8, 4) is 10.7 Å². The van der Waals surface area contributed by atoms with Gasteiger partial charge in [-0.25, -0.2) is 14.8 Å². The number of rotatable bonds is 2. The Morgan fingerprint density at radius 2 is 1.71 bits per heavy atom. The van der Waals surface area contributed by atoms with Crippen molar-refractivity contribution in [2.75, 3.05) is 0 Å². The number of carboxylic acid groups (broad SMARTS) is 1. The molecular weight excluding hydrogens is 304 g/mol. The van der Waals surface area contributed by atoms with Crippen LogP contribution in [0.3, 0.4) is 0 Å². The highest BCUT2D eigenvalue weighted by Gasteiger charge is 2.28. The van der Waals surface area contributed by atoms with E-state index >= 15 is 0 Å². The number of hydrogen-bond acceptors (Lipinski definition) is 5. The zero-order chi connectivity index (χ0) is 16.0.